The molecule has 0 aliphatic carbocycles. The molecule has 0 spiro atoms. The van der Waals surface area contributed by atoms with E-state index in [0.717, 1.165) is 45.2 Å². The molecule has 1 aromatic heterocycles. The first kappa shape index (κ1) is 22.2. The Labute approximate surface area is 205 Å². The van der Waals surface area contributed by atoms with E-state index in [-0.39, 0.29) is 5.75 Å². The summed E-state index contributed by atoms with van der Waals surface area (Å²) in [7, 11) is 0. The maximum Gasteiger partial charge on any atom is 0.119 e. The lowest BCUT2D eigenvalue weighted by Crippen LogP contribution is -2.01. The van der Waals surface area contributed by atoms with Crippen molar-refractivity contribution in [3.63, 3.8) is 0 Å². The van der Waals surface area contributed by atoms with Crippen LogP contribution in [0.2, 0.25) is 0 Å². The van der Waals surface area contributed by atoms with Gasteiger partial charge in [0.05, 0.1) is 23.7 Å². The lowest BCUT2D eigenvalue weighted by Gasteiger charge is -2.15. The number of aromatic nitrogens is 1. The highest BCUT2D eigenvalue weighted by molar-refractivity contribution is 5.94. The van der Waals surface area contributed by atoms with Gasteiger partial charge in [-0.1, -0.05) is 60.7 Å². The molecule has 1 heterocycles. The van der Waals surface area contributed by atoms with Crippen LogP contribution in [0.1, 0.15) is 12.5 Å². The Balaban J connectivity index is 1.73. The molecule has 0 saturated heterocycles. The zero-order valence-corrected chi connectivity index (χ0v) is 19.5. The number of hydrogen-bond donors (Lipinski definition) is 1. The molecule has 5 aromatic rings. The van der Waals surface area contributed by atoms with E-state index in [4.69, 9.17) is 9.73 Å². The molecule has 35 heavy (non-hydrogen) atoms. The normalized spacial score (nSPS) is 11.1. The fourth-order valence-corrected chi connectivity index (χ4v) is 4.15. The van der Waals surface area contributed by atoms with Gasteiger partial charge in [-0.25, -0.2) is 0 Å². The number of aliphatic imine (C=N–C) groups is 1. The molecule has 0 radical (unpaired) electrons. The molecular formula is C31H26N2O2. The van der Waals surface area contributed by atoms with Gasteiger partial charge in [0.25, 0.3) is 0 Å². The number of benzene rings is 4. The summed E-state index contributed by atoms with van der Waals surface area (Å²) in [6.45, 7) is 2.62. The monoisotopic (exact) mass is 458 g/mol. The second kappa shape index (κ2) is 10.1. The summed E-state index contributed by atoms with van der Waals surface area (Å²) in [5.41, 5.74) is 7.14. The standard InChI is InChI=1S/C31H26N2O2/c1-2-35-29-19-15-27(16-20-29)33-30(23-9-5-3-6-10-23)21-25(31(33)24-11-7-4-8-12-24)22-32-26-13-17-28(34)18-14-26/h3-22,34H,2H2,1H3. The number of rotatable bonds is 7. The molecule has 0 fully saturated rings. The van der Waals surface area contributed by atoms with Gasteiger partial charge in [-0.3, -0.25) is 4.99 Å². The Kier molecular flexibility index (Phi) is 6.44. The summed E-state index contributed by atoms with van der Waals surface area (Å²) in [5, 5.41) is 9.62. The van der Waals surface area contributed by atoms with Crippen LogP contribution in [0.25, 0.3) is 28.2 Å². The topological polar surface area (TPSA) is 46.8 Å². The Morgan fingerprint density at radius 1 is 0.771 bits per heavy atom. The molecule has 4 nitrogen and oxygen atoms in total. The molecule has 4 heteroatoms. The SMILES string of the molecule is CCOc1ccc(-n2c(-c3ccccc3)cc(C=Nc3ccc(O)cc3)c2-c2ccccc2)cc1. The van der Waals surface area contributed by atoms with E-state index >= 15 is 0 Å². The highest BCUT2D eigenvalue weighted by atomic mass is 16.5. The smallest absolute Gasteiger partial charge is 0.119 e. The maximum absolute atomic E-state index is 9.62. The van der Waals surface area contributed by atoms with Gasteiger partial charge in [-0.05, 0) is 72.6 Å². The van der Waals surface area contributed by atoms with Crippen LogP contribution in [0.15, 0.2) is 120 Å². The van der Waals surface area contributed by atoms with Crippen LogP contribution in [-0.4, -0.2) is 22.5 Å². The predicted octanol–water partition coefficient (Wildman–Crippen LogP) is 7.67. The summed E-state index contributed by atoms with van der Waals surface area (Å²) >= 11 is 0. The summed E-state index contributed by atoms with van der Waals surface area (Å²) in [6, 6.07) is 38.0. The Hall–Kier alpha value is -4.57. The summed E-state index contributed by atoms with van der Waals surface area (Å²) < 4.78 is 7.96. The second-order valence-corrected chi connectivity index (χ2v) is 8.10. The molecule has 4 aromatic carbocycles. The third-order valence-corrected chi connectivity index (χ3v) is 5.76. The molecule has 172 valence electrons. The van der Waals surface area contributed by atoms with Crippen molar-refractivity contribution in [3.8, 4) is 39.7 Å². The first-order valence-corrected chi connectivity index (χ1v) is 11.7. The number of hydrogen-bond acceptors (Lipinski definition) is 3. The number of aromatic hydroxyl groups is 1. The van der Waals surface area contributed by atoms with Gasteiger partial charge in [0.2, 0.25) is 0 Å². The van der Waals surface area contributed by atoms with Crippen molar-refractivity contribution >= 4 is 11.9 Å². The average Bonchev–Trinajstić information content (AvgIpc) is 3.29. The molecule has 1 N–H and O–H groups in total. The van der Waals surface area contributed by atoms with Crippen LogP contribution < -0.4 is 4.74 Å². The molecule has 0 amide bonds. The fraction of sp³-hybridized carbons (Fsp3) is 0.0645. The molecule has 0 unspecified atom stereocenters. The van der Waals surface area contributed by atoms with E-state index in [1.165, 1.54) is 0 Å². The number of ether oxygens (including phenoxy) is 1. The first-order valence-electron chi connectivity index (χ1n) is 11.7. The molecule has 0 bridgehead atoms. The van der Waals surface area contributed by atoms with E-state index in [9.17, 15) is 5.11 Å². The fourth-order valence-electron chi connectivity index (χ4n) is 4.15. The van der Waals surface area contributed by atoms with Gasteiger partial charge in [0.15, 0.2) is 0 Å². The largest absolute Gasteiger partial charge is 0.508 e. The third-order valence-electron chi connectivity index (χ3n) is 5.76. The van der Waals surface area contributed by atoms with E-state index in [1.54, 1.807) is 24.3 Å². The van der Waals surface area contributed by atoms with Crippen molar-refractivity contribution in [3.05, 3.63) is 121 Å². The predicted molar refractivity (Wildman–Crippen MR) is 143 cm³/mol. The van der Waals surface area contributed by atoms with E-state index in [0.29, 0.717) is 6.61 Å². The summed E-state index contributed by atoms with van der Waals surface area (Å²) in [6.07, 6.45) is 1.90. The highest BCUT2D eigenvalue weighted by Crippen LogP contribution is 2.36. The van der Waals surface area contributed by atoms with Crippen molar-refractivity contribution in [2.45, 2.75) is 6.92 Å². The minimum absolute atomic E-state index is 0.224. The van der Waals surface area contributed by atoms with Gasteiger partial charge < -0.3 is 14.4 Å². The summed E-state index contributed by atoms with van der Waals surface area (Å²) in [5.74, 6) is 1.07. The quantitative estimate of drug-likeness (QED) is 0.254. The van der Waals surface area contributed by atoms with E-state index in [1.807, 2.05) is 49.5 Å². The highest BCUT2D eigenvalue weighted by Gasteiger charge is 2.18. The number of nitrogens with zero attached hydrogens (tertiary/aromatic N) is 2. The summed E-state index contributed by atoms with van der Waals surface area (Å²) in [4.78, 5) is 4.71. The van der Waals surface area contributed by atoms with Crippen LogP contribution in [0.5, 0.6) is 11.5 Å². The average molecular weight is 459 g/mol. The van der Waals surface area contributed by atoms with Crippen LogP contribution >= 0.6 is 0 Å². The third kappa shape index (κ3) is 4.87. The maximum atomic E-state index is 9.62. The first-order chi connectivity index (χ1) is 17.2. The van der Waals surface area contributed by atoms with Gasteiger partial charge >= 0.3 is 0 Å². The molecule has 0 saturated carbocycles. The lowest BCUT2D eigenvalue weighted by atomic mass is 10.1. The molecule has 5 rings (SSSR count). The minimum atomic E-state index is 0.224. The van der Waals surface area contributed by atoms with Crippen LogP contribution in [0, 0.1) is 0 Å². The van der Waals surface area contributed by atoms with Gasteiger partial charge in [-0.2, -0.15) is 0 Å². The molecule has 0 atom stereocenters. The van der Waals surface area contributed by atoms with Crippen molar-refractivity contribution in [1.82, 2.24) is 4.57 Å². The van der Waals surface area contributed by atoms with E-state index < -0.39 is 0 Å². The second-order valence-electron chi connectivity index (χ2n) is 8.10. The van der Waals surface area contributed by atoms with Crippen LogP contribution in [0.3, 0.4) is 0 Å². The van der Waals surface area contributed by atoms with Gasteiger partial charge in [-0.15, -0.1) is 0 Å². The van der Waals surface area contributed by atoms with Crippen molar-refractivity contribution in [2.24, 2.45) is 4.99 Å². The van der Waals surface area contributed by atoms with Crippen LogP contribution in [-0.2, 0) is 0 Å². The van der Waals surface area contributed by atoms with Crippen molar-refractivity contribution < 1.29 is 9.84 Å². The molecule has 0 aliphatic heterocycles. The molecule has 0 aliphatic rings. The molecular weight excluding hydrogens is 432 g/mol. The van der Waals surface area contributed by atoms with Crippen LogP contribution in [0.4, 0.5) is 5.69 Å². The Morgan fingerprint density at radius 2 is 1.40 bits per heavy atom. The zero-order chi connectivity index (χ0) is 24.0. The Morgan fingerprint density at radius 3 is 2.03 bits per heavy atom. The van der Waals surface area contributed by atoms with Gasteiger partial charge in [0.1, 0.15) is 11.5 Å². The Bertz CT molecular complexity index is 1420. The van der Waals surface area contributed by atoms with Gasteiger partial charge in [0, 0.05) is 17.5 Å². The number of phenols is 1. The minimum Gasteiger partial charge on any atom is -0.508 e. The zero-order valence-electron chi connectivity index (χ0n) is 19.5. The van der Waals surface area contributed by atoms with Crippen molar-refractivity contribution in [2.75, 3.05) is 6.61 Å². The van der Waals surface area contributed by atoms with Crippen molar-refractivity contribution in [1.29, 1.82) is 0 Å². The number of phenolic OH excluding ortho intramolecular Hbond substituents is 1. The lowest BCUT2D eigenvalue weighted by molar-refractivity contribution is 0.340. The van der Waals surface area contributed by atoms with E-state index in [2.05, 4.69) is 59.2 Å².